The number of nitro benzene ring substituents is 1. The Bertz CT molecular complexity index is 580. The summed E-state index contributed by atoms with van der Waals surface area (Å²) in [4.78, 5) is 22.4. The van der Waals surface area contributed by atoms with Gasteiger partial charge in [-0.2, -0.15) is 0 Å². The van der Waals surface area contributed by atoms with Gasteiger partial charge in [-0.05, 0) is 31.2 Å². The fourth-order valence-corrected chi connectivity index (χ4v) is 2.88. The van der Waals surface area contributed by atoms with Gasteiger partial charge in [-0.15, -0.1) is 12.4 Å². The fourth-order valence-electron chi connectivity index (χ4n) is 2.37. The molecule has 0 aromatic heterocycles. The minimum atomic E-state index is -0.465. The summed E-state index contributed by atoms with van der Waals surface area (Å²) in [7, 11) is 0. The standard InChI is InChI=1S/C14H18BrN3O3.ClH/c1-14(8-16,10-3-4-10)17-13(19)6-9-2-5-11(18(20)21)7-12(9)15;/h2,5,7,10H,3-4,6,8,16H2,1H3,(H,17,19);1H. The van der Waals surface area contributed by atoms with Gasteiger partial charge in [0.25, 0.3) is 5.69 Å². The Labute approximate surface area is 143 Å². The van der Waals surface area contributed by atoms with Crippen LogP contribution in [-0.4, -0.2) is 22.9 Å². The van der Waals surface area contributed by atoms with Crippen LogP contribution in [0.5, 0.6) is 0 Å². The lowest BCUT2D eigenvalue weighted by atomic mass is 9.95. The van der Waals surface area contributed by atoms with Crippen molar-refractivity contribution in [2.75, 3.05) is 6.54 Å². The minimum absolute atomic E-state index is 0. The largest absolute Gasteiger partial charge is 0.349 e. The Morgan fingerprint density at radius 2 is 2.18 bits per heavy atom. The van der Waals surface area contributed by atoms with Crippen LogP contribution in [0.1, 0.15) is 25.3 Å². The summed E-state index contributed by atoms with van der Waals surface area (Å²) in [5.74, 6) is 0.330. The molecule has 1 fully saturated rings. The van der Waals surface area contributed by atoms with Crippen LogP contribution in [0.4, 0.5) is 5.69 Å². The Morgan fingerprint density at radius 1 is 1.55 bits per heavy atom. The van der Waals surface area contributed by atoms with Gasteiger partial charge in [0.15, 0.2) is 0 Å². The van der Waals surface area contributed by atoms with Crippen molar-refractivity contribution in [1.29, 1.82) is 0 Å². The van der Waals surface area contributed by atoms with Crippen molar-refractivity contribution in [3.8, 4) is 0 Å². The predicted octanol–water partition coefficient (Wildman–Crippen LogP) is 2.57. The molecule has 22 heavy (non-hydrogen) atoms. The first-order chi connectivity index (χ1) is 9.85. The van der Waals surface area contributed by atoms with Crippen molar-refractivity contribution in [1.82, 2.24) is 5.32 Å². The van der Waals surface area contributed by atoms with Crippen molar-refractivity contribution in [2.24, 2.45) is 11.7 Å². The number of hydrogen-bond acceptors (Lipinski definition) is 4. The number of nitro groups is 1. The molecule has 2 rings (SSSR count). The number of non-ortho nitro benzene ring substituents is 1. The first kappa shape index (κ1) is 18.9. The van der Waals surface area contributed by atoms with Gasteiger partial charge >= 0.3 is 0 Å². The Morgan fingerprint density at radius 3 is 2.64 bits per heavy atom. The van der Waals surface area contributed by atoms with E-state index in [1.165, 1.54) is 12.1 Å². The first-order valence-corrected chi connectivity index (χ1v) is 7.59. The first-order valence-electron chi connectivity index (χ1n) is 6.79. The van der Waals surface area contributed by atoms with E-state index in [-0.39, 0.29) is 36.0 Å². The molecular formula is C14H19BrClN3O3. The molecule has 0 saturated heterocycles. The monoisotopic (exact) mass is 391 g/mol. The second-order valence-corrected chi connectivity index (χ2v) is 6.51. The van der Waals surface area contributed by atoms with Gasteiger partial charge in [0.05, 0.1) is 16.9 Å². The highest BCUT2D eigenvalue weighted by Gasteiger charge is 2.41. The smallest absolute Gasteiger partial charge is 0.270 e. The molecule has 0 heterocycles. The summed E-state index contributed by atoms with van der Waals surface area (Å²) in [6.07, 6.45) is 2.35. The van der Waals surface area contributed by atoms with E-state index in [0.29, 0.717) is 22.5 Å². The van der Waals surface area contributed by atoms with Crippen LogP contribution in [0.3, 0.4) is 0 Å². The van der Waals surface area contributed by atoms with Crippen LogP contribution in [0.15, 0.2) is 22.7 Å². The summed E-state index contributed by atoms with van der Waals surface area (Å²) < 4.78 is 0.563. The summed E-state index contributed by atoms with van der Waals surface area (Å²) in [6.45, 7) is 2.37. The van der Waals surface area contributed by atoms with Gasteiger partial charge in [0.1, 0.15) is 0 Å². The average Bonchev–Trinajstić information content (AvgIpc) is 3.25. The van der Waals surface area contributed by atoms with Crippen molar-refractivity contribution in [2.45, 2.75) is 31.7 Å². The molecule has 1 aliphatic rings. The highest BCUT2D eigenvalue weighted by Crippen LogP contribution is 2.39. The van der Waals surface area contributed by atoms with E-state index in [0.717, 1.165) is 12.8 Å². The molecule has 3 N–H and O–H groups in total. The van der Waals surface area contributed by atoms with Gasteiger partial charge in [-0.1, -0.05) is 22.0 Å². The van der Waals surface area contributed by atoms with Crippen molar-refractivity contribution in [3.63, 3.8) is 0 Å². The number of amides is 1. The molecule has 122 valence electrons. The van der Waals surface area contributed by atoms with Crippen molar-refractivity contribution < 1.29 is 9.72 Å². The molecular weight excluding hydrogens is 374 g/mol. The quantitative estimate of drug-likeness (QED) is 0.574. The summed E-state index contributed by atoms with van der Waals surface area (Å²) in [6, 6.07) is 4.40. The van der Waals surface area contributed by atoms with E-state index in [1.807, 2.05) is 6.92 Å². The number of hydrogen-bond donors (Lipinski definition) is 2. The SMILES string of the molecule is CC(CN)(NC(=O)Cc1ccc([N+](=O)[O-])cc1Br)C1CC1.Cl. The van der Waals surface area contributed by atoms with E-state index in [4.69, 9.17) is 5.73 Å². The van der Waals surface area contributed by atoms with Crippen LogP contribution in [-0.2, 0) is 11.2 Å². The van der Waals surface area contributed by atoms with Crippen molar-refractivity contribution in [3.05, 3.63) is 38.3 Å². The third-order valence-corrected chi connectivity index (χ3v) is 4.66. The predicted molar refractivity (Wildman–Crippen MR) is 90.1 cm³/mol. The molecule has 0 spiro atoms. The maximum absolute atomic E-state index is 12.2. The van der Waals surface area contributed by atoms with Crippen LogP contribution in [0.2, 0.25) is 0 Å². The molecule has 1 aliphatic carbocycles. The number of halogens is 2. The maximum atomic E-state index is 12.2. The summed E-state index contributed by atoms with van der Waals surface area (Å²) in [5, 5.41) is 13.7. The highest BCUT2D eigenvalue weighted by atomic mass is 79.9. The average molecular weight is 393 g/mol. The number of carbonyl (C=O) groups is 1. The molecule has 0 aliphatic heterocycles. The van der Waals surface area contributed by atoms with Gasteiger partial charge in [-0.3, -0.25) is 14.9 Å². The highest BCUT2D eigenvalue weighted by molar-refractivity contribution is 9.10. The molecule has 1 atom stereocenters. The Kier molecular flexibility index (Phi) is 6.34. The topological polar surface area (TPSA) is 98.3 Å². The molecule has 1 unspecified atom stereocenters. The van der Waals surface area contributed by atoms with E-state index < -0.39 is 4.92 Å². The lowest BCUT2D eigenvalue weighted by Crippen LogP contribution is -2.53. The molecule has 1 amide bonds. The fraction of sp³-hybridized carbons (Fsp3) is 0.500. The molecule has 8 heteroatoms. The zero-order valence-corrected chi connectivity index (χ0v) is 14.6. The third kappa shape index (κ3) is 4.41. The van der Waals surface area contributed by atoms with Crippen molar-refractivity contribution >= 4 is 39.9 Å². The number of nitrogens with two attached hydrogens (primary N) is 1. The lowest BCUT2D eigenvalue weighted by Gasteiger charge is -2.29. The van der Waals surface area contributed by atoms with Gasteiger partial charge < -0.3 is 11.1 Å². The number of benzene rings is 1. The lowest BCUT2D eigenvalue weighted by molar-refractivity contribution is -0.384. The summed E-state index contributed by atoms with van der Waals surface area (Å²) in [5.41, 5.74) is 6.13. The number of rotatable bonds is 6. The molecule has 6 nitrogen and oxygen atoms in total. The third-order valence-electron chi connectivity index (χ3n) is 3.93. The second kappa shape index (κ2) is 7.39. The molecule has 0 bridgehead atoms. The number of nitrogens with zero attached hydrogens (tertiary/aromatic N) is 1. The number of carbonyl (C=O) groups excluding carboxylic acids is 1. The van der Waals surface area contributed by atoms with E-state index in [2.05, 4.69) is 21.2 Å². The number of nitrogens with one attached hydrogen (secondary N) is 1. The van der Waals surface area contributed by atoms with Gasteiger partial charge in [0, 0.05) is 23.2 Å². The zero-order valence-electron chi connectivity index (χ0n) is 12.2. The van der Waals surface area contributed by atoms with E-state index >= 15 is 0 Å². The van der Waals surface area contributed by atoms with Crippen LogP contribution < -0.4 is 11.1 Å². The molecule has 1 aromatic carbocycles. The Balaban J connectivity index is 0.00000242. The Hall–Kier alpha value is -1.18. The molecule has 1 aromatic rings. The van der Waals surface area contributed by atoms with Gasteiger partial charge in [0.2, 0.25) is 5.91 Å². The summed E-state index contributed by atoms with van der Waals surface area (Å²) >= 11 is 3.27. The zero-order chi connectivity index (χ0) is 15.6. The normalized spacial score (nSPS) is 16.3. The molecule has 1 saturated carbocycles. The van der Waals surface area contributed by atoms with Gasteiger partial charge in [-0.25, -0.2) is 0 Å². The molecule has 0 radical (unpaired) electrons. The van der Waals surface area contributed by atoms with Crippen LogP contribution >= 0.6 is 28.3 Å². The van der Waals surface area contributed by atoms with E-state index in [9.17, 15) is 14.9 Å². The van der Waals surface area contributed by atoms with E-state index in [1.54, 1.807) is 6.07 Å². The maximum Gasteiger partial charge on any atom is 0.270 e. The minimum Gasteiger partial charge on any atom is -0.349 e. The van der Waals surface area contributed by atoms with Crippen LogP contribution in [0.25, 0.3) is 0 Å². The second-order valence-electron chi connectivity index (χ2n) is 5.65. The van der Waals surface area contributed by atoms with Crippen LogP contribution in [0, 0.1) is 16.0 Å².